The maximum atomic E-state index is 12.1. The minimum absolute atomic E-state index is 0.197. The average Bonchev–Trinajstić information content (AvgIpc) is 2.58. The van der Waals surface area contributed by atoms with E-state index in [4.69, 9.17) is 21.1 Å². The third-order valence-corrected chi connectivity index (χ3v) is 4.53. The number of anilines is 1. The number of amides is 1. The second kappa shape index (κ2) is 8.36. The van der Waals surface area contributed by atoms with E-state index in [9.17, 15) is 9.59 Å². The van der Waals surface area contributed by atoms with Crippen LogP contribution in [0.25, 0.3) is 0 Å². The van der Waals surface area contributed by atoms with Crippen LogP contribution < -0.4 is 10.1 Å². The Morgan fingerprint density at radius 3 is 2.40 bits per heavy atom. The van der Waals surface area contributed by atoms with Crippen LogP contribution in [0.4, 0.5) is 5.69 Å². The van der Waals surface area contributed by atoms with Gasteiger partial charge in [0.15, 0.2) is 6.61 Å². The van der Waals surface area contributed by atoms with Gasteiger partial charge in [0.25, 0.3) is 5.91 Å². The Kier molecular flexibility index (Phi) is 6.45. The molecule has 1 amide bonds. The Balaban J connectivity index is 2.07. The fourth-order valence-electron chi connectivity index (χ4n) is 2.23. The van der Waals surface area contributed by atoms with Gasteiger partial charge in [-0.25, -0.2) is 4.79 Å². The van der Waals surface area contributed by atoms with E-state index in [0.717, 1.165) is 11.1 Å². The van der Waals surface area contributed by atoms with Crippen LogP contribution in [0.15, 0.2) is 34.8 Å². The Bertz CT molecular complexity index is 800. The summed E-state index contributed by atoms with van der Waals surface area (Å²) >= 11 is 9.40. The zero-order valence-electron chi connectivity index (χ0n) is 14.0. The number of nitrogens with one attached hydrogen (secondary N) is 1. The first kappa shape index (κ1) is 19.3. The predicted octanol–water partition coefficient (Wildman–Crippen LogP) is 4.52. The quantitative estimate of drug-likeness (QED) is 0.714. The molecule has 25 heavy (non-hydrogen) atoms. The van der Waals surface area contributed by atoms with Crippen molar-refractivity contribution in [3.63, 3.8) is 0 Å². The smallest absolute Gasteiger partial charge is 0.340 e. The molecule has 1 N–H and O–H groups in total. The summed E-state index contributed by atoms with van der Waals surface area (Å²) in [6.45, 7) is 3.54. The second-order valence-corrected chi connectivity index (χ2v) is 6.68. The fourth-order valence-corrected chi connectivity index (χ4v) is 2.70. The maximum Gasteiger partial charge on any atom is 0.340 e. The van der Waals surface area contributed by atoms with E-state index in [-0.39, 0.29) is 12.2 Å². The molecule has 7 heteroatoms. The molecular formula is C18H17BrClNO4. The van der Waals surface area contributed by atoms with E-state index in [2.05, 4.69) is 21.2 Å². The normalized spacial score (nSPS) is 10.3. The molecule has 0 heterocycles. The molecule has 132 valence electrons. The zero-order chi connectivity index (χ0) is 18.6. The monoisotopic (exact) mass is 425 g/mol. The SMILES string of the molecule is COC(=O)c1cc(Br)ccc1NC(=O)COc1cc(C)c(Cl)c(C)c1. The van der Waals surface area contributed by atoms with E-state index in [0.29, 0.717) is 20.9 Å². The van der Waals surface area contributed by atoms with Crippen molar-refractivity contribution in [2.24, 2.45) is 0 Å². The first-order chi connectivity index (χ1) is 11.8. The van der Waals surface area contributed by atoms with Crippen molar-refractivity contribution in [1.29, 1.82) is 0 Å². The molecule has 0 bridgehead atoms. The summed E-state index contributed by atoms with van der Waals surface area (Å²) in [6, 6.07) is 8.44. The van der Waals surface area contributed by atoms with E-state index in [1.807, 2.05) is 13.8 Å². The molecular weight excluding hydrogens is 410 g/mol. The lowest BCUT2D eigenvalue weighted by atomic mass is 10.1. The van der Waals surface area contributed by atoms with Crippen molar-refractivity contribution in [1.82, 2.24) is 0 Å². The summed E-state index contributed by atoms with van der Waals surface area (Å²) in [5.41, 5.74) is 2.35. The number of rotatable bonds is 5. The molecule has 0 saturated heterocycles. The highest BCUT2D eigenvalue weighted by Gasteiger charge is 2.15. The van der Waals surface area contributed by atoms with Crippen LogP contribution in [0.3, 0.4) is 0 Å². The van der Waals surface area contributed by atoms with Gasteiger partial charge in [-0.15, -0.1) is 0 Å². The Labute approximate surface area is 159 Å². The van der Waals surface area contributed by atoms with Crippen molar-refractivity contribution < 1.29 is 19.1 Å². The number of carbonyl (C=O) groups is 2. The molecule has 0 aliphatic carbocycles. The molecule has 0 atom stereocenters. The molecule has 0 aliphatic heterocycles. The number of ether oxygens (including phenoxy) is 2. The van der Waals surface area contributed by atoms with Gasteiger partial charge in [0.2, 0.25) is 0 Å². The van der Waals surface area contributed by atoms with Gasteiger partial charge in [0.1, 0.15) is 5.75 Å². The summed E-state index contributed by atoms with van der Waals surface area (Å²) in [7, 11) is 1.28. The number of aryl methyl sites for hydroxylation is 2. The third-order valence-electron chi connectivity index (χ3n) is 3.44. The molecule has 0 saturated carbocycles. The maximum absolute atomic E-state index is 12.1. The molecule has 0 radical (unpaired) electrons. The number of esters is 1. The summed E-state index contributed by atoms with van der Waals surface area (Å²) in [5, 5.41) is 3.33. The van der Waals surface area contributed by atoms with Crippen molar-refractivity contribution in [3.8, 4) is 5.75 Å². The summed E-state index contributed by atoms with van der Waals surface area (Å²) in [6.07, 6.45) is 0. The molecule has 5 nitrogen and oxygen atoms in total. The number of halogens is 2. The standard InChI is InChI=1S/C18H17BrClNO4/c1-10-6-13(7-11(2)17(10)20)25-9-16(22)21-15-5-4-12(19)8-14(15)18(23)24-3/h4-8H,9H2,1-3H3,(H,21,22). The lowest BCUT2D eigenvalue weighted by molar-refractivity contribution is -0.118. The van der Waals surface area contributed by atoms with E-state index >= 15 is 0 Å². The van der Waals surface area contributed by atoms with Gasteiger partial charge in [-0.2, -0.15) is 0 Å². The van der Waals surface area contributed by atoms with Crippen LogP contribution in [0, 0.1) is 13.8 Å². The highest BCUT2D eigenvalue weighted by Crippen LogP contribution is 2.26. The number of carbonyl (C=O) groups excluding carboxylic acids is 2. The first-order valence-electron chi connectivity index (χ1n) is 7.39. The van der Waals surface area contributed by atoms with Crippen molar-refractivity contribution >= 4 is 45.1 Å². The van der Waals surface area contributed by atoms with Crippen LogP contribution in [0.5, 0.6) is 5.75 Å². The molecule has 0 spiro atoms. The van der Waals surface area contributed by atoms with Crippen LogP contribution in [-0.2, 0) is 9.53 Å². The highest BCUT2D eigenvalue weighted by molar-refractivity contribution is 9.10. The first-order valence-corrected chi connectivity index (χ1v) is 8.56. The number of methoxy groups -OCH3 is 1. The zero-order valence-corrected chi connectivity index (χ0v) is 16.3. The fraction of sp³-hybridized carbons (Fsp3) is 0.222. The summed E-state index contributed by atoms with van der Waals surface area (Å²) in [5.74, 6) is -0.377. The average molecular weight is 427 g/mol. The van der Waals surface area contributed by atoms with Gasteiger partial charge in [-0.1, -0.05) is 27.5 Å². The number of hydrogen-bond donors (Lipinski definition) is 1. The summed E-state index contributed by atoms with van der Waals surface area (Å²) < 4.78 is 10.9. The van der Waals surface area contributed by atoms with E-state index in [1.165, 1.54) is 7.11 Å². The molecule has 0 aliphatic rings. The van der Waals surface area contributed by atoms with Crippen molar-refractivity contribution in [2.45, 2.75) is 13.8 Å². The Morgan fingerprint density at radius 1 is 1.16 bits per heavy atom. The third kappa shape index (κ3) is 4.96. The van der Waals surface area contributed by atoms with Gasteiger partial charge in [0, 0.05) is 9.50 Å². The van der Waals surface area contributed by atoms with Gasteiger partial charge in [0.05, 0.1) is 18.4 Å². The van der Waals surface area contributed by atoms with Crippen LogP contribution >= 0.6 is 27.5 Å². The van der Waals surface area contributed by atoms with Crippen LogP contribution in [0.2, 0.25) is 5.02 Å². The van der Waals surface area contributed by atoms with Gasteiger partial charge >= 0.3 is 5.97 Å². The number of benzene rings is 2. The second-order valence-electron chi connectivity index (χ2n) is 5.39. The minimum Gasteiger partial charge on any atom is -0.484 e. The van der Waals surface area contributed by atoms with Crippen molar-refractivity contribution in [2.75, 3.05) is 19.0 Å². The molecule has 2 aromatic carbocycles. The Hall–Kier alpha value is -2.05. The Morgan fingerprint density at radius 2 is 1.80 bits per heavy atom. The van der Waals surface area contributed by atoms with Crippen LogP contribution in [0.1, 0.15) is 21.5 Å². The largest absolute Gasteiger partial charge is 0.484 e. The van der Waals surface area contributed by atoms with Crippen molar-refractivity contribution in [3.05, 3.63) is 56.5 Å². The minimum atomic E-state index is -0.540. The van der Waals surface area contributed by atoms with E-state index in [1.54, 1.807) is 30.3 Å². The highest BCUT2D eigenvalue weighted by atomic mass is 79.9. The predicted molar refractivity (Wildman–Crippen MR) is 101 cm³/mol. The number of hydrogen-bond acceptors (Lipinski definition) is 4. The van der Waals surface area contributed by atoms with E-state index < -0.39 is 11.9 Å². The molecule has 0 unspecified atom stereocenters. The van der Waals surface area contributed by atoms with Gasteiger partial charge in [-0.05, 0) is 55.3 Å². The lowest BCUT2D eigenvalue weighted by Gasteiger charge is -2.12. The topological polar surface area (TPSA) is 64.6 Å². The molecule has 2 aromatic rings. The van der Waals surface area contributed by atoms with Gasteiger partial charge < -0.3 is 14.8 Å². The lowest BCUT2D eigenvalue weighted by Crippen LogP contribution is -2.22. The van der Waals surface area contributed by atoms with Crippen LogP contribution in [-0.4, -0.2) is 25.6 Å². The molecule has 0 fully saturated rings. The molecule has 2 rings (SSSR count). The molecule has 0 aromatic heterocycles. The van der Waals surface area contributed by atoms with Gasteiger partial charge in [-0.3, -0.25) is 4.79 Å². The summed E-state index contributed by atoms with van der Waals surface area (Å²) in [4.78, 5) is 24.0.